The van der Waals surface area contributed by atoms with Crippen LogP contribution in [0, 0.1) is 0 Å². The fraction of sp³-hybridized carbons (Fsp3) is 0.103. The van der Waals surface area contributed by atoms with Crippen molar-refractivity contribution in [2.45, 2.75) is 13.8 Å². The van der Waals surface area contributed by atoms with Crippen LogP contribution in [0.4, 0.5) is 11.5 Å². The van der Waals surface area contributed by atoms with Gasteiger partial charge < -0.3 is 15.8 Å². The van der Waals surface area contributed by atoms with Gasteiger partial charge in [0.05, 0.1) is 23.6 Å². The number of thiocarbonyl (C=S) groups is 1. The second-order valence-corrected chi connectivity index (χ2v) is 8.61. The van der Waals surface area contributed by atoms with Crippen LogP contribution < -0.4 is 22.0 Å². The Morgan fingerprint density at radius 1 is 0.947 bits per heavy atom. The lowest BCUT2D eigenvalue weighted by Gasteiger charge is -2.21. The maximum absolute atomic E-state index is 14.1. The van der Waals surface area contributed by atoms with Crippen LogP contribution in [-0.4, -0.2) is 28.0 Å². The molecule has 4 rings (SSSR count). The summed E-state index contributed by atoms with van der Waals surface area (Å²) in [4.78, 5) is 27.4. The second kappa shape index (κ2) is 12.0. The van der Waals surface area contributed by atoms with E-state index >= 15 is 0 Å². The molecular formula is C29H27N5O3S. The first-order valence-electron chi connectivity index (χ1n) is 12.0. The number of ether oxygens (including phenoxy) is 1. The Bertz CT molecular complexity index is 1540. The van der Waals surface area contributed by atoms with Crippen molar-refractivity contribution in [3.8, 4) is 16.8 Å². The van der Waals surface area contributed by atoms with Gasteiger partial charge in [-0.2, -0.15) is 5.10 Å². The summed E-state index contributed by atoms with van der Waals surface area (Å²) in [6.45, 7) is 3.52. The van der Waals surface area contributed by atoms with E-state index in [4.69, 9.17) is 22.7 Å². The predicted molar refractivity (Wildman–Crippen MR) is 156 cm³/mol. The monoisotopic (exact) mass is 525 g/mol. The topological polar surface area (TPSA) is 111 Å². The molecule has 1 heterocycles. The summed E-state index contributed by atoms with van der Waals surface area (Å²) in [5, 5.41) is 7.68. The molecule has 0 aliphatic heterocycles. The molecule has 0 saturated carbocycles. The van der Waals surface area contributed by atoms with E-state index in [0.29, 0.717) is 22.5 Å². The average Bonchev–Trinajstić information content (AvgIpc) is 2.93. The third-order valence-corrected chi connectivity index (χ3v) is 5.88. The standard InChI is InChI=1S/C29H27N5O3S/c1-3-37-28(36)25-24(20-13-7-4-8-14-20)23(27(35)34(26(25)30)22-17-11-6-12-18-22)19(2)32-33-29(38)31-21-15-9-5-10-16-21/h4-18H,3,30H2,1-2H3,(H2,31,33,38)/b32-19+. The molecule has 192 valence electrons. The van der Waals surface area contributed by atoms with Gasteiger partial charge in [0, 0.05) is 11.3 Å². The van der Waals surface area contributed by atoms with Crippen LogP contribution in [0.2, 0.25) is 0 Å². The third kappa shape index (κ3) is 5.63. The van der Waals surface area contributed by atoms with Crippen molar-refractivity contribution in [3.63, 3.8) is 0 Å². The minimum atomic E-state index is -0.642. The van der Waals surface area contributed by atoms with Gasteiger partial charge >= 0.3 is 5.97 Å². The molecule has 4 N–H and O–H groups in total. The molecule has 38 heavy (non-hydrogen) atoms. The SMILES string of the molecule is CCOC(=O)c1c(-c2ccccc2)c(/C(C)=N/NC(=S)Nc2ccccc2)c(=O)n(-c2ccccc2)c1N. The molecule has 0 aliphatic carbocycles. The minimum absolute atomic E-state index is 0.0238. The molecule has 8 nitrogen and oxygen atoms in total. The van der Waals surface area contributed by atoms with Gasteiger partial charge in [-0.05, 0) is 55.9 Å². The lowest BCUT2D eigenvalue weighted by atomic mass is 9.93. The minimum Gasteiger partial charge on any atom is -0.462 e. The van der Waals surface area contributed by atoms with Gasteiger partial charge in [0.15, 0.2) is 5.11 Å². The average molecular weight is 526 g/mol. The van der Waals surface area contributed by atoms with E-state index in [1.807, 2.05) is 54.6 Å². The van der Waals surface area contributed by atoms with Crippen LogP contribution in [0.25, 0.3) is 16.8 Å². The largest absolute Gasteiger partial charge is 0.462 e. The van der Waals surface area contributed by atoms with Crippen molar-refractivity contribution < 1.29 is 9.53 Å². The van der Waals surface area contributed by atoms with Crippen molar-refractivity contribution in [2.75, 3.05) is 17.7 Å². The van der Waals surface area contributed by atoms with E-state index in [-0.39, 0.29) is 28.7 Å². The first-order valence-corrected chi connectivity index (χ1v) is 12.4. The Morgan fingerprint density at radius 3 is 2.13 bits per heavy atom. The molecule has 0 fully saturated rings. The smallest absolute Gasteiger partial charge is 0.342 e. The van der Waals surface area contributed by atoms with Crippen LogP contribution in [0.15, 0.2) is 101 Å². The van der Waals surface area contributed by atoms with Gasteiger partial charge in [0.25, 0.3) is 5.56 Å². The highest BCUT2D eigenvalue weighted by molar-refractivity contribution is 7.80. The molecule has 4 aromatic rings. The Kier molecular flexibility index (Phi) is 8.30. The number of hydrogen-bond donors (Lipinski definition) is 3. The summed E-state index contributed by atoms with van der Waals surface area (Å²) in [5.41, 5.74) is 11.7. The van der Waals surface area contributed by atoms with E-state index in [0.717, 1.165) is 5.69 Å². The number of benzene rings is 3. The number of hydrogen-bond acceptors (Lipinski definition) is 6. The van der Waals surface area contributed by atoms with Gasteiger partial charge in [0.2, 0.25) is 0 Å². The molecule has 0 atom stereocenters. The molecule has 9 heteroatoms. The van der Waals surface area contributed by atoms with Crippen molar-refractivity contribution >= 4 is 40.5 Å². The highest BCUT2D eigenvalue weighted by atomic mass is 32.1. The first-order chi connectivity index (χ1) is 18.4. The molecule has 0 saturated heterocycles. The van der Waals surface area contributed by atoms with E-state index in [2.05, 4.69) is 15.8 Å². The molecule has 0 bridgehead atoms. The molecule has 0 amide bonds. The van der Waals surface area contributed by atoms with Crippen LogP contribution in [0.5, 0.6) is 0 Å². The van der Waals surface area contributed by atoms with Crippen molar-refractivity contribution in [1.29, 1.82) is 0 Å². The molecular weight excluding hydrogens is 498 g/mol. The van der Waals surface area contributed by atoms with Gasteiger partial charge in [0.1, 0.15) is 11.4 Å². The lowest BCUT2D eigenvalue weighted by molar-refractivity contribution is 0.0528. The highest BCUT2D eigenvalue weighted by Crippen LogP contribution is 2.32. The summed E-state index contributed by atoms with van der Waals surface area (Å²) < 4.78 is 6.68. The summed E-state index contributed by atoms with van der Waals surface area (Å²) in [5.74, 6) is -0.666. The Balaban J connectivity index is 1.93. The highest BCUT2D eigenvalue weighted by Gasteiger charge is 2.28. The Hall–Kier alpha value is -4.76. The number of carbonyl (C=O) groups is 1. The second-order valence-electron chi connectivity index (χ2n) is 8.20. The molecule has 0 radical (unpaired) electrons. The number of rotatable bonds is 7. The number of para-hydroxylation sites is 2. The van der Waals surface area contributed by atoms with Crippen molar-refractivity contribution in [2.24, 2.45) is 5.10 Å². The van der Waals surface area contributed by atoms with Gasteiger partial charge in [-0.3, -0.25) is 14.8 Å². The third-order valence-electron chi connectivity index (χ3n) is 5.69. The number of carbonyl (C=O) groups excluding carboxylic acids is 1. The number of nitrogens with zero attached hydrogens (tertiary/aromatic N) is 2. The maximum atomic E-state index is 14.1. The van der Waals surface area contributed by atoms with E-state index in [1.54, 1.807) is 50.2 Å². The molecule has 1 aromatic heterocycles. The number of nitrogen functional groups attached to an aromatic ring is 1. The molecule has 0 aliphatic rings. The van der Waals surface area contributed by atoms with Crippen LogP contribution >= 0.6 is 12.2 Å². The number of aromatic nitrogens is 1. The number of hydrazone groups is 1. The molecule has 0 spiro atoms. The zero-order valence-corrected chi connectivity index (χ0v) is 21.8. The molecule has 0 unspecified atom stereocenters. The Labute approximate surface area is 225 Å². The summed E-state index contributed by atoms with van der Waals surface area (Å²) >= 11 is 5.38. The zero-order valence-electron chi connectivity index (χ0n) is 21.0. The van der Waals surface area contributed by atoms with Crippen molar-refractivity contribution in [3.05, 3.63) is 112 Å². The van der Waals surface area contributed by atoms with Crippen LogP contribution in [0.1, 0.15) is 29.8 Å². The van der Waals surface area contributed by atoms with Gasteiger partial charge in [-0.1, -0.05) is 66.7 Å². The Morgan fingerprint density at radius 2 is 1.53 bits per heavy atom. The fourth-order valence-corrected chi connectivity index (χ4v) is 4.20. The predicted octanol–water partition coefficient (Wildman–Crippen LogP) is 4.97. The summed E-state index contributed by atoms with van der Waals surface area (Å²) in [6, 6.07) is 27.3. The fourth-order valence-electron chi connectivity index (χ4n) is 4.04. The number of nitrogens with one attached hydrogen (secondary N) is 2. The number of anilines is 2. The van der Waals surface area contributed by atoms with Crippen molar-refractivity contribution in [1.82, 2.24) is 9.99 Å². The van der Waals surface area contributed by atoms with Crippen LogP contribution in [-0.2, 0) is 4.74 Å². The van der Waals surface area contributed by atoms with Gasteiger partial charge in [-0.15, -0.1) is 0 Å². The van der Waals surface area contributed by atoms with E-state index in [1.165, 1.54) is 4.57 Å². The van der Waals surface area contributed by atoms with E-state index < -0.39 is 11.5 Å². The summed E-state index contributed by atoms with van der Waals surface area (Å²) in [7, 11) is 0. The van der Waals surface area contributed by atoms with Gasteiger partial charge in [-0.25, -0.2) is 4.79 Å². The maximum Gasteiger partial charge on any atom is 0.342 e. The zero-order chi connectivity index (χ0) is 27.1. The van der Waals surface area contributed by atoms with E-state index in [9.17, 15) is 9.59 Å². The lowest BCUT2D eigenvalue weighted by Crippen LogP contribution is -2.32. The number of esters is 1. The normalized spacial score (nSPS) is 11.1. The quantitative estimate of drug-likeness (QED) is 0.135. The number of pyridine rings is 1. The molecule has 3 aromatic carbocycles. The summed E-state index contributed by atoms with van der Waals surface area (Å²) in [6.07, 6.45) is 0. The first kappa shape index (κ1) is 26.3. The van der Waals surface area contributed by atoms with Crippen LogP contribution in [0.3, 0.4) is 0 Å². The number of nitrogens with two attached hydrogens (primary N) is 1.